The standard InChI is InChI=1S/C18H30/c1-4-7-11-16-18(14-5-2,15-6-3)17-12-9-8-10-13-17/h8-10,12-13H,4-7,11,14-16H2,1-3H3. The maximum absolute atomic E-state index is 2.34. The zero-order valence-electron chi connectivity index (χ0n) is 12.5. The average Bonchev–Trinajstić information content (AvgIpc) is 2.40. The van der Waals surface area contributed by atoms with Crippen molar-refractivity contribution in [1.29, 1.82) is 0 Å². The molecule has 0 aliphatic heterocycles. The second kappa shape index (κ2) is 8.34. The van der Waals surface area contributed by atoms with Gasteiger partial charge < -0.3 is 0 Å². The fourth-order valence-corrected chi connectivity index (χ4v) is 3.27. The van der Waals surface area contributed by atoms with Gasteiger partial charge in [-0.25, -0.2) is 0 Å². The predicted octanol–water partition coefficient (Wildman–Crippen LogP) is 6.10. The molecule has 1 aromatic carbocycles. The Labute approximate surface area is 114 Å². The van der Waals surface area contributed by atoms with Crippen LogP contribution in [0, 0.1) is 0 Å². The lowest BCUT2D eigenvalue weighted by Gasteiger charge is -2.34. The molecule has 0 amide bonds. The predicted molar refractivity (Wildman–Crippen MR) is 82.1 cm³/mol. The van der Waals surface area contributed by atoms with Crippen LogP contribution in [0.25, 0.3) is 0 Å². The van der Waals surface area contributed by atoms with Crippen molar-refractivity contribution in [2.24, 2.45) is 0 Å². The summed E-state index contributed by atoms with van der Waals surface area (Å²) >= 11 is 0. The fraction of sp³-hybridized carbons (Fsp3) is 0.667. The Kier molecular flexibility index (Phi) is 7.08. The van der Waals surface area contributed by atoms with Crippen molar-refractivity contribution >= 4 is 0 Å². The highest BCUT2D eigenvalue weighted by Gasteiger charge is 2.29. The third kappa shape index (κ3) is 4.15. The van der Waals surface area contributed by atoms with Crippen molar-refractivity contribution in [2.45, 2.75) is 77.6 Å². The summed E-state index contributed by atoms with van der Waals surface area (Å²) in [4.78, 5) is 0. The minimum Gasteiger partial charge on any atom is -0.0654 e. The van der Waals surface area contributed by atoms with E-state index in [2.05, 4.69) is 51.1 Å². The molecule has 0 heterocycles. The molecular formula is C18H30. The largest absolute Gasteiger partial charge is 0.0654 e. The number of hydrogen-bond acceptors (Lipinski definition) is 0. The summed E-state index contributed by atoms with van der Waals surface area (Å²) in [7, 11) is 0. The summed E-state index contributed by atoms with van der Waals surface area (Å²) in [6.45, 7) is 6.95. The van der Waals surface area contributed by atoms with Gasteiger partial charge in [-0.05, 0) is 30.2 Å². The van der Waals surface area contributed by atoms with Crippen LogP contribution in [0.3, 0.4) is 0 Å². The van der Waals surface area contributed by atoms with Crippen LogP contribution in [-0.4, -0.2) is 0 Å². The topological polar surface area (TPSA) is 0 Å². The van der Waals surface area contributed by atoms with Crippen molar-refractivity contribution in [2.75, 3.05) is 0 Å². The highest BCUT2D eigenvalue weighted by molar-refractivity contribution is 5.25. The number of unbranched alkanes of at least 4 members (excludes halogenated alkanes) is 2. The summed E-state index contributed by atoms with van der Waals surface area (Å²) in [6.07, 6.45) is 10.7. The summed E-state index contributed by atoms with van der Waals surface area (Å²) in [5.41, 5.74) is 2.02. The van der Waals surface area contributed by atoms with Crippen LogP contribution in [0.2, 0.25) is 0 Å². The highest BCUT2D eigenvalue weighted by atomic mass is 14.3. The third-order valence-electron chi connectivity index (χ3n) is 4.10. The lowest BCUT2D eigenvalue weighted by Crippen LogP contribution is -2.26. The van der Waals surface area contributed by atoms with E-state index in [0.717, 1.165) is 0 Å². The fourth-order valence-electron chi connectivity index (χ4n) is 3.27. The van der Waals surface area contributed by atoms with Gasteiger partial charge in [-0.1, -0.05) is 83.2 Å². The molecule has 0 saturated heterocycles. The quantitative estimate of drug-likeness (QED) is 0.461. The molecule has 0 nitrogen and oxygen atoms in total. The molecule has 0 saturated carbocycles. The molecule has 18 heavy (non-hydrogen) atoms. The van der Waals surface area contributed by atoms with Crippen LogP contribution in [0.15, 0.2) is 30.3 Å². The SMILES string of the molecule is CCCCCC(CCC)(CCC)c1ccccc1. The Morgan fingerprint density at radius 1 is 0.722 bits per heavy atom. The molecule has 0 unspecified atom stereocenters. The van der Waals surface area contributed by atoms with Crippen molar-refractivity contribution in [3.63, 3.8) is 0 Å². The van der Waals surface area contributed by atoms with Crippen molar-refractivity contribution < 1.29 is 0 Å². The van der Waals surface area contributed by atoms with E-state index in [-0.39, 0.29) is 0 Å². The van der Waals surface area contributed by atoms with E-state index < -0.39 is 0 Å². The number of rotatable bonds is 9. The normalized spacial score (nSPS) is 11.7. The van der Waals surface area contributed by atoms with Crippen LogP contribution < -0.4 is 0 Å². The second-order valence-corrected chi connectivity index (χ2v) is 5.60. The molecule has 102 valence electrons. The van der Waals surface area contributed by atoms with Gasteiger partial charge >= 0.3 is 0 Å². The van der Waals surface area contributed by atoms with E-state index in [9.17, 15) is 0 Å². The van der Waals surface area contributed by atoms with E-state index in [1.807, 2.05) is 0 Å². The molecule has 0 aromatic heterocycles. The van der Waals surface area contributed by atoms with Crippen LogP contribution >= 0.6 is 0 Å². The van der Waals surface area contributed by atoms with Gasteiger partial charge in [0.15, 0.2) is 0 Å². The van der Waals surface area contributed by atoms with Crippen LogP contribution in [0.1, 0.15) is 77.7 Å². The Balaban J connectivity index is 2.89. The molecule has 0 fully saturated rings. The van der Waals surface area contributed by atoms with Gasteiger partial charge in [-0.15, -0.1) is 0 Å². The van der Waals surface area contributed by atoms with Crippen molar-refractivity contribution in [3.05, 3.63) is 35.9 Å². The Morgan fingerprint density at radius 2 is 1.33 bits per heavy atom. The first-order valence-electron chi connectivity index (χ1n) is 7.84. The smallest absolute Gasteiger partial charge is 0.00472 e. The van der Waals surface area contributed by atoms with Gasteiger partial charge in [0.1, 0.15) is 0 Å². The second-order valence-electron chi connectivity index (χ2n) is 5.60. The maximum atomic E-state index is 2.34. The molecule has 0 aliphatic carbocycles. The molecule has 1 rings (SSSR count). The monoisotopic (exact) mass is 246 g/mol. The number of hydrogen-bond donors (Lipinski definition) is 0. The van der Waals surface area contributed by atoms with Gasteiger partial charge in [0.25, 0.3) is 0 Å². The minimum atomic E-state index is 0.444. The first-order valence-corrected chi connectivity index (χ1v) is 7.84. The Morgan fingerprint density at radius 3 is 1.83 bits per heavy atom. The van der Waals surface area contributed by atoms with E-state index >= 15 is 0 Å². The lowest BCUT2D eigenvalue weighted by atomic mass is 9.70. The van der Waals surface area contributed by atoms with E-state index in [0.29, 0.717) is 5.41 Å². The highest BCUT2D eigenvalue weighted by Crippen LogP contribution is 2.39. The lowest BCUT2D eigenvalue weighted by molar-refractivity contribution is 0.318. The summed E-state index contributed by atoms with van der Waals surface area (Å²) in [5, 5.41) is 0. The molecular weight excluding hydrogens is 216 g/mol. The molecule has 0 radical (unpaired) electrons. The van der Waals surface area contributed by atoms with Gasteiger partial charge in [0, 0.05) is 0 Å². The van der Waals surface area contributed by atoms with Crippen LogP contribution in [0.4, 0.5) is 0 Å². The summed E-state index contributed by atoms with van der Waals surface area (Å²) < 4.78 is 0. The molecule has 1 aromatic rings. The van der Waals surface area contributed by atoms with E-state index in [4.69, 9.17) is 0 Å². The van der Waals surface area contributed by atoms with Gasteiger partial charge in [-0.2, -0.15) is 0 Å². The van der Waals surface area contributed by atoms with Crippen molar-refractivity contribution in [1.82, 2.24) is 0 Å². The number of benzene rings is 1. The van der Waals surface area contributed by atoms with Crippen LogP contribution in [0.5, 0.6) is 0 Å². The van der Waals surface area contributed by atoms with Crippen LogP contribution in [-0.2, 0) is 5.41 Å². The Bertz CT molecular complexity index is 293. The Hall–Kier alpha value is -0.780. The summed E-state index contributed by atoms with van der Waals surface area (Å²) in [6, 6.07) is 11.2. The molecule has 0 atom stereocenters. The first kappa shape index (κ1) is 15.3. The van der Waals surface area contributed by atoms with E-state index in [1.54, 1.807) is 5.56 Å². The minimum absolute atomic E-state index is 0.444. The molecule has 0 N–H and O–H groups in total. The van der Waals surface area contributed by atoms with Gasteiger partial charge in [-0.3, -0.25) is 0 Å². The van der Waals surface area contributed by atoms with Gasteiger partial charge in [0.2, 0.25) is 0 Å². The molecule has 0 heteroatoms. The van der Waals surface area contributed by atoms with Crippen molar-refractivity contribution in [3.8, 4) is 0 Å². The third-order valence-corrected chi connectivity index (χ3v) is 4.10. The summed E-state index contributed by atoms with van der Waals surface area (Å²) in [5.74, 6) is 0. The first-order chi connectivity index (χ1) is 8.79. The zero-order valence-corrected chi connectivity index (χ0v) is 12.5. The van der Waals surface area contributed by atoms with E-state index in [1.165, 1.54) is 51.4 Å². The average molecular weight is 246 g/mol. The van der Waals surface area contributed by atoms with Gasteiger partial charge in [0.05, 0.1) is 0 Å². The molecule has 0 aliphatic rings. The zero-order chi connectivity index (χ0) is 13.3. The maximum Gasteiger partial charge on any atom is -0.00472 e. The molecule has 0 bridgehead atoms. The molecule has 0 spiro atoms.